The minimum Gasteiger partial charge on any atom is -0.468 e. The van der Waals surface area contributed by atoms with Crippen molar-refractivity contribution in [2.24, 2.45) is 0 Å². The molecule has 0 aliphatic heterocycles. The molecule has 0 amide bonds. The standard InChI is InChI=1S/C15H15F3N2O3S/c1-10-3-4-11(2)13(7-10)24(21,22)20-12-5-6-14(19-8-12)23-9-15(16,17)18/h3-8,20H,9H2,1-2H3. The fraction of sp³-hybridized carbons (Fsp3) is 0.267. The van der Waals surface area contributed by atoms with Gasteiger partial charge in [-0.2, -0.15) is 13.2 Å². The number of ether oxygens (including phenoxy) is 1. The molecule has 0 radical (unpaired) electrons. The Kier molecular flexibility index (Phi) is 5.02. The maximum absolute atomic E-state index is 12.4. The summed E-state index contributed by atoms with van der Waals surface area (Å²) >= 11 is 0. The minimum absolute atomic E-state index is 0.121. The van der Waals surface area contributed by atoms with E-state index in [-0.39, 0.29) is 16.5 Å². The van der Waals surface area contributed by atoms with Gasteiger partial charge in [0.25, 0.3) is 10.0 Å². The average Bonchev–Trinajstić information content (AvgIpc) is 2.48. The van der Waals surface area contributed by atoms with Crippen molar-refractivity contribution in [3.05, 3.63) is 47.7 Å². The summed E-state index contributed by atoms with van der Waals surface area (Å²) < 4.78 is 67.8. The van der Waals surface area contributed by atoms with Gasteiger partial charge in [0.15, 0.2) is 6.61 Å². The number of rotatable bonds is 5. The lowest BCUT2D eigenvalue weighted by Gasteiger charge is -2.12. The average molecular weight is 360 g/mol. The number of pyridine rings is 1. The number of hydrogen-bond donors (Lipinski definition) is 1. The molecule has 0 spiro atoms. The lowest BCUT2D eigenvalue weighted by molar-refractivity contribution is -0.154. The molecule has 0 saturated heterocycles. The maximum Gasteiger partial charge on any atom is 0.422 e. The van der Waals surface area contributed by atoms with E-state index in [0.29, 0.717) is 5.56 Å². The zero-order valence-electron chi connectivity index (χ0n) is 12.9. The van der Waals surface area contributed by atoms with E-state index in [9.17, 15) is 21.6 Å². The number of alkyl halides is 3. The molecule has 0 aliphatic rings. The number of hydrogen-bond acceptors (Lipinski definition) is 4. The molecule has 1 N–H and O–H groups in total. The molecule has 24 heavy (non-hydrogen) atoms. The number of aromatic nitrogens is 1. The summed E-state index contributed by atoms with van der Waals surface area (Å²) in [6.45, 7) is 1.97. The van der Waals surface area contributed by atoms with Crippen molar-refractivity contribution in [1.82, 2.24) is 4.98 Å². The summed E-state index contributed by atoms with van der Waals surface area (Å²) in [7, 11) is -3.83. The second-order valence-electron chi connectivity index (χ2n) is 5.16. The smallest absolute Gasteiger partial charge is 0.422 e. The van der Waals surface area contributed by atoms with Crippen LogP contribution in [0.2, 0.25) is 0 Å². The first-order valence-corrected chi connectivity index (χ1v) is 8.31. The molecular formula is C15H15F3N2O3S. The van der Waals surface area contributed by atoms with Crippen molar-refractivity contribution in [2.75, 3.05) is 11.3 Å². The fourth-order valence-corrected chi connectivity index (χ4v) is 3.26. The van der Waals surface area contributed by atoms with Gasteiger partial charge in [-0.05, 0) is 37.1 Å². The van der Waals surface area contributed by atoms with Gasteiger partial charge in [-0.1, -0.05) is 12.1 Å². The quantitative estimate of drug-likeness (QED) is 0.887. The van der Waals surface area contributed by atoms with Crippen LogP contribution < -0.4 is 9.46 Å². The molecule has 0 atom stereocenters. The van der Waals surface area contributed by atoms with E-state index < -0.39 is 22.8 Å². The second kappa shape index (κ2) is 6.68. The van der Waals surface area contributed by atoms with Crippen LogP contribution in [-0.4, -0.2) is 26.2 Å². The topological polar surface area (TPSA) is 68.3 Å². The minimum atomic E-state index is -4.47. The Morgan fingerprint density at radius 2 is 1.88 bits per heavy atom. The number of sulfonamides is 1. The lowest BCUT2D eigenvalue weighted by atomic mass is 10.2. The van der Waals surface area contributed by atoms with Gasteiger partial charge < -0.3 is 4.74 Å². The predicted octanol–water partition coefficient (Wildman–Crippen LogP) is 3.44. The Morgan fingerprint density at radius 3 is 2.46 bits per heavy atom. The third-order valence-electron chi connectivity index (χ3n) is 3.01. The van der Waals surface area contributed by atoms with Gasteiger partial charge in [-0.3, -0.25) is 4.72 Å². The number of nitrogens with one attached hydrogen (secondary N) is 1. The second-order valence-corrected chi connectivity index (χ2v) is 6.81. The molecule has 130 valence electrons. The molecule has 2 rings (SSSR count). The van der Waals surface area contributed by atoms with Crippen LogP contribution in [0.3, 0.4) is 0 Å². The Bertz CT molecular complexity index is 819. The van der Waals surface area contributed by atoms with Gasteiger partial charge in [0.2, 0.25) is 5.88 Å². The maximum atomic E-state index is 12.4. The molecule has 2 aromatic rings. The third kappa shape index (κ3) is 4.85. The van der Waals surface area contributed by atoms with Crippen LogP contribution in [0.5, 0.6) is 5.88 Å². The van der Waals surface area contributed by atoms with Crippen LogP contribution in [0.4, 0.5) is 18.9 Å². The summed E-state index contributed by atoms with van der Waals surface area (Å²) in [5, 5.41) is 0. The molecule has 1 aromatic carbocycles. The van der Waals surface area contributed by atoms with E-state index in [4.69, 9.17) is 0 Å². The molecule has 5 nitrogen and oxygen atoms in total. The highest BCUT2D eigenvalue weighted by molar-refractivity contribution is 7.92. The van der Waals surface area contributed by atoms with Gasteiger partial charge >= 0.3 is 6.18 Å². The molecule has 9 heteroatoms. The van der Waals surface area contributed by atoms with Crippen LogP contribution in [0.15, 0.2) is 41.4 Å². The first kappa shape index (κ1) is 18.1. The van der Waals surface area contributed by atoms with Gasteiger partial charge in [0.1, 0.15) is 0 Å². The van der Waals surface area contributed by atoms with E-state index in [1.165, 1.54) is 12.1 Å². The van der Waals surface area contributed by atoms with Gasteiger partial charge in [-0.15, -0.1) is 0 Å². The van der Waals surface area contributed by atoms with E-state index in [0.717, 1.165) is 17.8 Å². The van der Waals surface area contributed by atoms with Crippen LogP contribution in [0, 0.1) is 13.8 Å². The highest BCUT2D eigenvalue weighted by Crippen LogP contribution is 2.22. The van der Waals surface area contributed by atoms with E-state index in [1.807, 2.05) is 0 Å². The van der Waals surface area contributed by atoms with E-state index in [2.05, 4.69) is 14.4 Å². The summed E-state index contributed by atoms with van der Waals surface area (Å²) in [5.74, 6) is -0.248. The SMILES string of the molecule is Cc1ccc(C)c(S(=O)(=O)Nc2ccc(OCC(F)(F)F)nc2)c1. The zero-order chi connectivity index (χ0) is 18.0. The summed E-state index contributed by atoms with van der Waals surface area (Å²) in [6, 6.07) is 7.46. The van der Waals surface area contributed by atoms with Crippen molar-refractivity contribution in [1.29, 1.82) is 0 Å². The summed E-state index contributed by atoms with van der Waals surface area (Å²) in [6.07, 6.45) is -3.38. The predicted molar refractivity (Wildman–Crippen MR) is 82.5 cm³/mol. The van der Waals surface area contributed by atoms with Crippen molar-refractivity contribution in [3.8, 4) is 5.88 Å². The molecule has 1 heterocycles. The van der Waals surface area contributed by atoms with Crippen LogP contribution in [-0.2, 0) is 10.0 Å². The van der Waals surface area contributed by atoms with Crippen molar-refractivity contribution in [2.45, 2.75) is 24.9 Å². The lowest BCUT2D eigenvalue weighted by Crippen LogP contribution is -2.19. The Labute approximate surface area is 137 Å². The molecule has 0 saturated carbocycles. The van der Waals surface area contributed by atoms with Crippen LogP contribution in [0.1, 0.15) is 11.1 Å². The Hall–Kier alpha value is -2.29. The number of nitrogens with zero attached hydrogens (tertiary/aromatic N) is 1. The number of aryl methyl sites for hydroxylation is 2. The molecule has 0 aliphatic carbocycles. The largest absolute Gasteiger partial charge is 0.468 e. The van der Waals surface area contributed by atoms with E-state index in [1.54, 1.807) is 26.0 Å². The number of benzene rings is 1. The highest BCUT2D eigenvalue weighted by Gasteiger charge is 2.28. The fourth-order valence-electron chi connectivity index (χ4n) is 1.89. The monoisotopic (exact) mass is 360 g/mol. The summed E-state index contributed by atoms with van der Waals surface area (Å²) in [5.41, 5.74) is 1.48. The molecule has 0 fully saturated rings. The Morgan fingerprint density at radius 1 is 1.17 bits per heavy atom. The highest BCUT2D eigenvalue weighted by atomic mass is 32.2. The first-order valence-electron chi connectivity index (χ1n) is 6.82. The van der Waals surface area contributed by atoms with E-state index >= 15 is 0 Å². The Balaban J connectivity index is 2.14. The van der Waals surface area contributed by atoms with Gasteiger partial charge in [0.05, 0.1) is 16.8 Å². The molecule has 1 aromatic heterocycles. The summed E-state index contributed by atoms with van der Waals surface area (Å²) in [4.78, 5) is 3.78. The number of halogens is 3. The first-order chi connectivity index (χ1) is 11.1. The molecule has 0 unspecified atom stereocenters. The normalized spacial score (nSPS) is 12.0. The van der Waals surface area contributed by atoms with Crippen LogP contribution in [0.25, 0.3) is 0 Å². The molecular weight excluding hydrogens is 345 g/mol. The van der Waals surface area contributed by atoms with Gasteiger partial charge in [-0.25, -0.2) is 13.4 Å². The number of anilines is 1. The third-order valence-corrected chi connectivity index (χ3v) is 4.53. The van der Waals surface area contributed by atoms with Crippen LogP contribution >= 0.6 is 0 Å². The van der Waals surface area contributed by atoms with Gasteiger partial charge in [0, 0.05) is 6.07 Å². The zero-order valence-corrected chi connectivity index (χ0v) is 13.7. The molecule has 0 bridgehead atoms. The van der Waals surface area contributed by atoms with Crippen molar-refractivity contribution >= 4 is 15.7 Å². The van der Waals surface area contributed by atoms with Crippen molar-refractivity contribution < 1.29 is 26.3 Å². The van der Waals surface area contributed by atoms with Crippen molar-refractivity contribution in [3.63, 3.8) is 0 Å².